The van der Waals surface area contributed by atoms with Crippen LogP contribution in [0.4, 0.5) is 0 Å². The van der Waals surface area contributed by atoms with Gasteiger partial charge in [0.25, 0.3) is 5.91 Å². The first-order valence-electron chi connectivity index (χ1n) is 5.92. The molecule has 0 aliphatic heterocycles. The van der Waals surface area contributed by atoms with Crippen molar-refractivity contribution in [1.29, 1.82) is 0 Å². The number of hydrogen-bond donors (Lipinski definition) is 4. The van der Waals surface area contributed by atoms with Crippen LogP contribution in [0.25, 0.3) is 0 Å². The molecule has 2 rings (SSSR count). The number of rotatable bonds is 3. The van der Waals surface area contributed by atoms with E-state index in [0.717, 1.165) is 6.07 Å². The number of phenolic OH excluding ortho intramolecular Hbond substituents is 3. The molecular formula is C14H10Br2N2O4. The van der Waals surface area contributed by atoms with Gasteiger partial charge in [-0.3, -0.25) is 4.79 Å². The second kappa shape index (κ2) is 6.80. The Morgan fingerprint density at radius 2 is 1.86 bits per heavy atom. The van der Waals surface area contributed by atoms with Crippen LogP contribution in [-0.4, -0.2) is 27.4 Å². The monoisotopic (exact) mass is 428 g/mol. The zero-order valence-corrected chi connectivity index (χ0v) is 14.1. The third-order valence-corrected chi connectivity index (χ3v) is 3.72. The fourth-order valence-electron chi connectivity index (χ4n) is 1.60. The Kier molecular flexibility index (Phi) is 5.04. The van der Waals surface area contributed by atoms with Crippen molar-refractivity contribution < 1.29 is 20.1 Å². The summed E-state index contributed by atoms with van der Waals surface area (Å²) in [6.45, 7) is 0. The Morgan fingerprint density at radius 3 is 2.55 bits per heavy atom. The summed E-state index contributed by atoms with van der Waals surface area (Å²) in [7, 11) is 0. The molecule has 0 saturated carbocycles. The van der Waals surface area contributed by atoms with E-state index < -0.39 is 5.91 Å². The van der Waals surface area contributed by atoms with E-state index in [1.165, 1.54) is 24.4 Å². The quantitative estimate of drug-likeness (QED) is 0.444. The minimum Gasteiger partial charge on any atom is -0.508 e. The number of amides is 1. The molecule has 0 aromatic heterocycles. The Labute approximate surface area is 142 Å². The normalized spacial score (nSPS) is 10.8. The highest BCUT2D eigenvalue weighted by atomic mass is 79.9. The molecule has 2 aromatic carbocycles. The maximum absolute atomic E-state index is 12.0. The molecule has 0 unspecified atom stereocenters. The van der Waals surface area contributed by atoms with E-state index in [1.54, 1.807) is 6.07 Å². The summed E-state index contributed by atoms with van der Waals surface area (Å²) in [6, 6.07) is 7.01. The van der Waals surface area contributed by atoms with Crippen molar-refractivity contribution >= 4 is 44.0 Å². The maximum Gasteiger partial charge on any atom is 0.275 e. The number of hydrazone groups is 1. The van der Waals surface area contributed by atoms with Crippen LogP contribution < -0.4 is 5.43 Å². The zero-order chi connectivity index (χ0) is 16.3. The van der Waals surface area contributed by atoms with Crippen molar-refractivity contribution in [2.75, 3.05) is 0 Å². The molecule has 0 saturated heterocycles. The molecule has 0 aliphatic rings. The van der Waals surface area contributed by atoms with Gasteiger partial charge in [0.15, 0.2) is 0 Å². The molecule has 0 radical (unpaired) electrons. The van der Waals surface area contributed by atoms with Gasteiger partial charge in [-0.1, -0.05) is 15.9 Å². The first kappa shape index (κ1) is 16.3. The number of halogens is 2. The van der Waals surface area contributed by atoms with Gasteiger partial charge in [-0.25, -0.2) is 5.43 Å². The predicted molar refractivity (Wildman–Crippen MR) is 88.3 cm³/mol. The van der Waals surface area contributed by atoms with E-state index >= 15 is 0 Å². The molecule has 0 fully saturated rings. The van der Waals surface area contributed by atoms with Gasteiger partial charge in [0.05, 0.1) is 16.3 Å². The van der Waals surface area contributed by atoms with Gasteiger partial charge in [-0.2, -0.15) is 5.10 Å². The van der Waals surface area contributed by atoms with Crippen LogP contribution in [0.15, 0.2) is 44.4 Å². The van der Waals surface area contributed by atoms with Gasteiger partial charge in [0.2, 0.25) is 0 Å². The topological polar surface area (TPSA) is 102 Å². The smallest absolute Gasteiger partial charge is 0.275 e. The fourth-order valence-corrected chi connectivity index (χ4v) is 2.83. The van der Waals surface area contributed by atoms with Crippen molar-refractivity contribution in [1.82, 2.24) is 5.43 Å². The number of carbonyl (C=O) groups excluding carboxylic acids is 1. The molecule has 0 heterocycles. The number of aromatic hydroxyl groups is 3. The van der Waals surface area contributed by atoms with Crippen molar-refractivity contribution in [2.24, 2.45) is 5.10 Å². The molecule has 1 amide bonds. The van der Waals surface area contributed by atoms with Gasteiger partial charge in [-0.05, 0) is 40.2 Å². The first-order chi connectivity index (χ1) is 10.4. The third-order valence-electron chi connectivity index (χ3n) is 2.66. The molecule has 0 atom stereocenters. The van der Waals surface area contributed by atoms with E-state index in [1.807, 2.05) is 0 Å². The summed E-state index contributed by atoms with van der Waals surface area (Å²) in [4.78, 5) is 12.0. The Balaban J connectivity index is 2.15. The highest BCUT2D eigenvalue weighted by Gasteiger charge is 2.14. The average Bonchev–Trinajstić information content (AvgIpc) is 2.45. The SMILES string of the molecule is O=C(NN=Cc1ccc(O)cc1O)c1cc(Br)cc(Br)c1O. The van der Waals surface area contributed by atoms with Gasteiger partial charge < -0.3 is 15.3 Å². The lowest BCUT2D eigenvalue weighted by molar-refractivity contribution is 0.0952. The summed E-state index contributed by atoms with van der Waals surface area (Å²) >= 11 is 6.35. The fraction of sp³-hybridized carbons (Fsp3) is 0. The average molecular weight is 430 g/mol. The van der Waals surface area contributed by atoms with Crippen LogP contribution in [0, 0.1) is 0 Å². The van der Waals surface area contributed by atoms with Gasteiger partial charge >= 0.3 is 0 Å². The number of nitrogens with one attached hydrogen (secondary N) is 1. The van der Waals surface area contributed by atoms with Crippen LogP contribution in [0.2, 0.25) is 0 Å². The van der Waals surface area contributed by atoms with Crippen molar-refractivity contribution in [3.63, 3.8) is 0 Å². The molecule has 2 aromatic rings. The minimum absolute atomic E-state index is 0.0355. The number of hydrogen-bond acceptors (Lipinski definition) is 5. The van der Waals surface area contributed by atoms with Crippen LogP contribution in [0.1, 0.15) is 15.9 Å². The maximum atomic E-state index is 12.0. The van der Waals surface area contributed by atoms with Crippen LogP contribution >= 0.6 is 31.9 Å². The van der Waals surface area contributed by atoms with E-state index in [4.69, 9.17) is 0 Å². The second-order valence-corrected chi connectivity index (χ2v) is 6.00. The summed E-state index contributed by atoms with van der Waals surface area (Å²) in [6.07, 6.45) is 1.22. The molecule has 0 bridgehead atoms. The van der Waals surface area contributed by atoms with Crippen molar-refractivity contribution in [2.45, 2.75) is 0 Å². The summed E-state index contributed by atoms with van der Waals surface area (Å²) < 4.78 is 0.981. The largest absolute Gasteiger partial charge is 0.508 e. The summed E-state index contributed by atoms with van der Waals surface area (Å²) in [5, 5.41) is 32.3. The first-order valence-corrected chi connectivity index (χ1v) is 7.50. The predicted octanol–water partition coefficient (Wildman–Crippen LogP) is 3.09. The summed E-state index contributed by atoms with van der Waals surface area (Å²) in [5.74, 6) is -1.08. The molecule has 22 heavy (non-hydrogen) atoms. The number of carbonyl (C=O) groups is 1. The van der Waals surface area contributed by atoms with Gasteiger partial charge in [0.1, 0.15) is 17.2 Å². The van der Waals surface area contributed by atoms with E-state index in [0.29, 0.717) is 14.5 Å². The lowest BCUT2D eigenvalue weighted by Crippen LogP contribution is -2.17. The van der Waals surface area contributed by atoms with Crippen molar-refractivity contribution in [3.05, 3.63) is 50.4 Å². The number of nitrogens with zero attached hydrogens (tertiary/aromatic N) is 1. The van der Waals surface area contributed by atoms with E-state index in [-0.39, 0.29) is 22.8 Å². The Hall–Kier alpha value is -2.06. The van der Waals surface area contributed by atoms with Crippen LogP contribution in [-0.2, 0) is 0 Å². The third kappa shape index (κ3) is 3.77. The minimum atomic E-state index is -0.617. The standard InChI is InChI=1S/C14H10Br2N2O4/c15-8-3-10(13(21)11(16)4-8)14(22)18-17-6-7-1-2-9(19)5-12(7)20/h1-6,19-21H,(H,18,22). The highest BCUT2D eigenvalue weighted by Crippen LogP contribution is 2.31. The lowest BCUT2D eigenvalue weighted by atomic mass is 10.2. The molecule has 6 nitrogen and oxygen atoms in total. The summed E-state index contributed by atoms with van der Waals surface area (Å²) in [5.41, 5.74) is 2.59. The molecule has 0 spiro atoms. The number of phenols is 3. The second-order valence-electron chi connectivity index (χ2n) is 4.23. The van der Waals surface area contributed by atoms with Gasteiger partial charge in [-0.15, -0.1) is 0 Å². The number of benzene rings is 2. The van der Waals surface area contributed by atoms with Crippen LogP contribution in [0.5, 0.6) is 17.2 Å². The highest BCUT2D eigenvalue weighted by molar-refractivity contribution is 9.11. The van der Waals surface area contributed by atoms with E-state index in [2.05, 4.69) is 42.4 Å². The van der Waals surface area contributed by atoms with Crippen molar-refractivity contribution in [3.8, 4) is 17.2 Å². The Bertz CT molecular complexity index is 763. The molecule has 0 aliphatic carbocycles. The molecule has 4 N–H and O–H groups in total. The van der Waals surface area contributed by atoms with Crippen LogP contribution in [0.3, 0.4) is 0 Å². The molecule has 8 heteroatoms. The Morgan fingerprint density at radius 1 is 1.14 bits per heavy atom. The molecular weight excluding hydrogens is 420 g/mol. The van der Waals surface area contributed by atoms with Gasteiger partial charge in [0, 0.05) is 16.1 Å². The lowest BCUT2D eigenvalue weighted by Gasteiger charge is -2.06. The zero-order valence-electron chi connectivity index (χ0n) is 10.9. The molecule has 114 valence electrons. The van der Waals surface area contributed by atoms with E-state index in [9.17, 15) is 20.1 Å².